The summed E-state index contributed by atoms with van der Waals surface area (Å²) in [4.78, 5) is 2.13. The number of hydrogen-bond donors (Lipinski definition) is 0. The average Bonchev–Trinajstić information content (AvgIpc) is 3.02. The SMILES string of the molecule is Cc1noc(-c2cccc3c(N(C)C)cccc23)c1-c1ccccc1. The average molecular weight is 328 g/mol. The molecule has 124 valence electrons. The number of aryl methyl sites for hydroxylation is 1. The number of fused-ring (bicyclic) bond motifs is 1. The minimum Gasteiger partial charge on any atom is -0.377 e. The highest BCUT2D eigenvalue weighted by molar-refractivity contribution is 6.04. The zero-order valence-corrected chi connectivity index (χ0v) is 14.7. The minimum absolute atomic E-state index is 0.824. The number of hydrogen-bond acceptors (Lipinski definition) is 3. The third-order valence-corrected chi connectivity index (χ3v) is 4.55. The van der Waals surface area contributed by atoms with Crippen LogP contribution in [0.2, 0.25) is 0 Å². The van der Waals surface area contributed by atoms with Crippen LogP contribution in [0.5, 0.6) is 0 Å². The Kier molecular flexibility index (Phi) is 3.77. The molecule has 4 aromatic rings. The molecule has 3 heteroatoms. The van der Waals surface area contributed by atoms with Crippen LogP contribution in [0.25, 0.3) is 33.2 Å². The Balaban J connectivity index is 2.00. The second-order valence-corrected chi connectivity index (χ2v) is 6.41. The fourth-order valence-electron chi connectivity index (χ4n) is 3.38. The molecule has 3 nitrogen and oxygen atoms in total. The van der Waals surface area contributed by atoms with E-state index >= 15 is 0 Å². The van der Waals surface area contributed by atoms with Gasteiger partial charge in [-0.25, -0.2) is 0 Å². The number of rotatable bonds is 3. The van der Waals surface area contributed by atoms with Crippen molar-refractivity contribution >= 4 is 16.5 Å². The lowest BCUT2D eigenvalue weighted by Gasteiger charge is -2.16. The number of aromatic nitrogens is 1. The summed E-state index contributed by atoms with van der Waals surface area (Å²) in [6.45, 7) is 1.99. The molecule has 0 amide bonds. The summed E-state index contributed by atoms with van der Waals surface area (Å²) >= 11 is 0. The maximum absolute atomic E-state index is 5.78. The Morgan fingerprint density at radius 2 is 1.52 bits per heavy atom. The molecule has 0 atom stereocenters. The monoisotopic (exact) mass is 328 g/mol. The summed E-state index contributed by atoms with van der Waals surface area (Å²) in [7, 11) is 4.13. The molecule has 0 aliphatic heterocycles. The van der Waals surface area contributed by atoms with Crippen molar-refractivity contribution in [2.45, 2.75) is 6.92 Å². The Labute approximate surface area is 147 Å². The largest absolute Gasteiger partial charge is 0.377 e. The van der Waals surface area contributed by atoms with E-state index in [1.807, 2.05) is 25.1 Å². The van der Waals surface area contributed by atoms with E-state index in [2.05, 4.69) is 72.7 Å². The Bertz CT molecular complexity index is 1030. The smallest absolute Gasteiger partial charge is 0.175 e. The normalized spacial score (nSPS) is 11.0. The first-order chi connectivity index (χ1) is 12.2. The van der Waals surface area contributed by atoms with E-state index in [1.54, 1.807) is 0 Å². The molecule has 0 aliphatic rings. The maximum Gasteiger partial charge on any atom is 0.175 e. The fraction of sp³-hybridized carbons (Fsp3) is 0.136. The van der Waals surface area contributed by atoms with Gasteiger partial charge in [0.15, 0.2) is 5.76 Å². The van der Waals surface area contributed by atoms with Crippen LogP contribution in [0.15, 0.2) is 71.3 Å². The van der Waals surface area contributed by atoms with E-state index in [0.717, 1.165) is 28.1 Å². The van der Waals surface area contributed by atoms with Gasteiger partial charge in [0.05, 0.1) is 11.3 Å². The van der Waals surface area contributed by atoms with Gasteiger partial charge in [-0.1, -0.05) is 65.8 Å². The molecule has 0 spiro atoms. The Morgan fingerprint density at radius 3 is 2.28 bits per heavy atom. The second kappa shape index (κ2) is 6.10. The molecular weight excluding hydrogens is 308 g/mol. The third kappa shape index (κ3) is 2.58. The van der Waals surface area contributed by atoms with Gasteiger partial charge in [0.1, 0.15) is 0 Å². The van der Waals surface area contributed by atoms with E-state index in [-0.39, 0.29) is 0 Å². The molecule has 0 saturated heterocycles. The van der Waals surface area contributed by atoms with Crippen LogP contribution in [-0.2, 0) is 0 Å². The highest BCUT2D eigenvalue weighted by Crippen LogP contribution is 2.39. The molecule has 0 saturated carbocycles. The van der Waals surface area contributed by atoms with Crippen molar-refractivity contribution in [3.8, 4) is 22.5 Å². The van der Waals surface area contributed by atoms with Crippen LogP contribution in [0.3, 0.4) is 0 Å². The number of anilines is 1. The highest BCUT2D eigenvalue weighted by Gasteiger charge is 2.19. The van der Waals surface area contributed by atoms with Crippen LogP contribution in [-0.4, -0.2) is 19.3 Å². The molecule has 0 fully saturated rings. The first-order valence-electron chi connectivity index (χ1n) is 8.38. The molecule has 1 aromatic heterocycles. The lowest BCUT2D eigenvalue weighted by Crippen LogP contribution is -2.08. The zero-order valence-electron chi connectivity index (χ0n) is 14.7. The van der Waals surface area contributed by atoms with Gasteiger partial charge in [-0.3, -0.25) is 0 Å². The van der Waals surface area contributed by atoms with Gasteiger partial charge in [-0.15, -0.1) is 0 Å². The highest BCUT2D eigenvalue weighted by atomic mass is 16.5. The third-order valence-electron chi connectivity index (χ3n) is 4.55. The first kappa shape index (κ1) is 15.5. The predicted molar refractivity (Wildman–Crippen MR) is 104 cm³/mol. The van der Waals surface area contributed by atoms with Crippen LogP contribution >= 0.6 is 0 Å². The van der Waals surface area contributed by atoms with Crippen molar-refractivity contribution in [1.29, 1.82) is 0 Å². The summed E-state index contributed by atoms with van der Waals surface area (Å²) in [6, 6.07) is 23.0. The molecule has 0 radical (unpaired) electrons. The maximum atomic E-state index is 5.78. The molecule has 0 aliphatic carbocycles. The van der Waals surface area contributed by atoms with Crippen molar-refractivity contribution < 1.29 is 4.52 Å². The van der Waals surface area contributed by atoms with Crippen molar-refractivity contribution in [2.75, 3.05) is 19.0 Å². The van der Waals surface area contributed by atoms with Gasteiger partial charge < -0.3 is 9.42 Å². The second-order valence-electron chi connectivity index (χ2n) is 6.41. The fourth-order valence-corrected chi connectivity index (χ4v) is 3.38. The lowest BCUT2D eigenvalue weighted by molar-refractivity contribution is 0.427. The predicted octanol–water partition coefficient (Wildman–Crippen LogP) is 5.54. The van der Waals surface area contributed by atoms with Crippen LogP contribution < -0.4 is 4.90 Å². The van der Waals surface area contributed by atoms with Gasteiger partial charge in [-0.05, 0) is 23.9 Å². The topological polar surface area (TPSA) is 29.3 Å². The minimum atomic E-state index is 0.824. The van der Waals surface area contributed by atoms with E-state index in [1.165, 1.54) is 16.5 Å². The summed E-state index contributed by atoms with van der Waals surface area (Å²) in [5.74, 6) is 0.824. The molecule has 25 heavy (non-hydrogen) atoms. The summed E-state index contributed by atoms with van der Waals surface area (Å²) in [6.07, 6.45) is 0. The molecule has 4 rings (SSSR count). The van der Waals surface area contributed by atoms with Gasteiger partial charge in [0.2, 0.25) is 0 Å². The molecule has 0 bridgehead atoms. The molecule has 0 unspecified atom stereocenters. The Morgan fingerprint density at radius 1 is 0.800 bits per heavy atom. The summed E-state index contributed by atoms with van der Waals surface area (Å²) < 4.78 is 5.78. The number of nitrogens with zero attached hydrogens (tertiary/aromatic N) is 2. The summed E-state index contributed by atoms with van der Waals surface area (Å²) in [5.41, 5.74) is 5.35. The first-order valence-corrected chi connectivity index (χ1v) is 8.38. The van der Waals surface area contributed by atoms with Crippen molar-refractivity contribution in [1.82, 2.24) is 5.16 Å². The molecular formula is C22H20N2O. The summed E-state index contributed by atoms with van der Waals surface area (Å²) in [5, 5.41) is 6.62. The van der Waals surface area contributed by atoms with Crippen molar-refractivity contribution in [3.63, 3.8) is 0 Å². The Hall–Kier alpha value is -3.07. The van der Waals surface area contributed by atoms with Crippen LogP contribution in [0.1, 0.15) is 5.69 Å². The van der Waals surface area contributed by atoms with E-state index in [4.69, 9.17) is 4.52 Å². The van der Waals surface area contributed by atoms with E-state index < -0.39 is 0 Å². The number of benzene rings is 3. The standard InChI is InChI=1S/C22H20N2O/c1-15-21(16-9-5-4-6-10-16)22(25-23-15)19-13-7-12-18-17(19)11-8-14-20(18)24(2)3/h4-14H,1-3H3. The quantitative estimate of drug-likeness (QED) is 0.495. The van der Waals surface area contributed by atoms with E-state index in [0.29, 0.717) is 0 Å². The van der Waals surface area contributed by atoms with Gasteiger partial charge in [0, 0.05) is 30.7 Å². The molecule has 1 heterocycles. The van der Waals surface area contributed by atoms with Crippen molar-refractivity contribution in [3.05, 3.63) is 72.4 Å². The van der Waals surface area contributed by atoms with Crippen LogP contribution in [0, 0.1) is 6.92 Å². The molecule has 0 N–H and O–H groups in total. The molecule has 3 aromatic carbocycles. The lowest BCUT2D eigenvalue weighted by atomic mass is 9.95. The van der Waals surface area contributed by atoms with Gasteiger partial charge in [-0.2, -0.15) is 0 Å². The zero-order chi connectivity index (χ0) is 17.4. The van der Waals surface area contributed by atoms with Crippen molar-refractivity contribution in [2.24, 2.45) is 0 Å². The van der Waals surface area contributed by atoms with Crippen LogP contribution in [0.4, 0.5) is 5.69 Å². The van der Waals surface area contributed by atoms with E-state index in [9.17, 15) is 0 Å². The van der Waals surface area contributed by atoms with Gasteiger partial charge in [0.25, 0.3) is 0 Å². The van der Waals surface area contributed by atoms with Gasteiger partial charge >= 0.3 is 0 Å².